The van der Waals surface area contributed by atoms with Gasteiger partial charge in [-0.1, -0.05) is 29.4 Å². The molecule has 0 aliphatic carbocycles. The minimum Gasteiger partial charge on any atom is -0.283 e. The Balaban J connectivity index is 2.33. The number of nitrogens with zero attached hydrogens (tertiary/aromatic N) is 3. The predicted molar refractivity (Wildman–Crippen MR) is 91.4 cm³/mol. The lowest BCUT2D eigenvalue weighted by Crippen LogP contribution is -2.22. The van der Waals surface area contributed by atoms with Crippen molar-refractivity contribution in [3.05, 3.63) is 46.2 Å². The number of halogens is 1. The number of rotatable bonds is 7. The number of thioether (sulfide) groups is 1. The van der Waals surface area contributed by atoms with Gasteiger partial charge in [-0.3, -0.25) is 9.36 Å². The SMILES string of the molecule is C=CCn1c(SCCCCC#N)nc2cc(Cl)ccc2c1=O. The Hall–Kier alpha value is -1.77. The second-order valence-corrected chi connectivity index (χ2v) is 6.22. The summed E-state index contributed by atoms with van der Waals surface area (Å²) in [5.41, 5.74) is 0.526. The monoisotopic (exact) mass is 333 g/mol. The molecule has 2 rings (SSSR count). The first-order valence-corrected chi connectivity index (χ1v) is 8.34. The number of allylic oxidation sites excluding steroid dienone is 1. The van der Waals surface area contributed by atoms with Crippen molar-refractivity contribution >= 4 is 34.3 Å². The zero-order chi connectivity index (χ0) is 15.9. The molecule has 0 amide bonds. The average molecular weight is 334 g/mol. The number of nitriles is 1. The highest BCUT2D eigenvalue weighted by atomic mass is 35.5. The van der Waals surface area contributed by atoms with E-state index in [-0.39, 0.29) is 5.56 Å². The van der Waals surface area contributed by atoms with E-state index in [1.807, 2.05) is 0 Å². The van der Waals surface area contributed by atoms with Crippen LogP contribution >= 0.6 is 23.4 Å². The van der Waals surface area contributed by atoms with Crippen LogP contribution in [0.15, 0.2) is 40.8 Å². The maximum Gasteiger partial charge on any atom is 0.262 e. The summed E-state index contributed by atoms with van der Waals surface area (Å²) in [5, 5.41) is 10.3. The Bertz CT molecular complexity index is 779. The summed E-state index contributed by atoms with van der Waals surface area (Å²) in [6.07, 6.45) is 4.01. The van der Waals surface area contributed by atoms with Gasteiger partial charge in [-0.2, -0.15) is 5.26 Å². The average Bonchev–Trinajstić information content (AvgIpc) is 2.50. The van der Waals surface area contributed by atoms with Crippen LogP contribution in [0.25, 0.3) is 10.9 Å². The van der Waals surface area contributed by atoms with Gasteiger partial charge < -0.3 is 0 Å². The van der Waals surface area contributed by atoms with Gasteiger partial charge in [-0.25, -0.2) is 4.98 Å². The van der Waals surface area contributed by atoms with Crippen LogP contribution in [0.3, 0.4) is 0 Å². The quantitative estimate of drug-likeness (QED) is 0.332. The van der Waals surface area contributed by atoms with Crippen molar-refractivity contribution in [3.8, 4) is 6.07 Å². The summed E-state index contributed by atoms with van der Waals surface area (Å²) in [7, 11) is 0. The first kappa shape index (κ1) is 16.6. The molecule has 114 valence electrons. The van der Waals surface area contributed by atoms with Crippen LogP contribution in [-0.2, 0) is 6.54 Å². The highest BCUT2D eigenvalue weighted by Crippen LogP contribution is 2.21. The highest BCUT2D eigenvalue weighted by Gasteiger charge is 2.11. The molecule has 2 aromatic rings. The lowest BCUT2D eigenvalue weighted by molar-refractivity contribution is 0.670. The molecule has 0 N–H and O–H groups in total. The van der Waals surface area contributed by atoms with E-state index in [1.165, 1.54) is 11.8 Å². The van der Waals surface area contributed by atoms with Crippen molar-refractivity contribution in [3.63, 3.8) is 0 Å². The molecule has 0 aliphatic rings. The minimum atomic E-state index is -0.0823. The van der Waals surface area contributed by atoms with Crippen LogP contribution in [0, 0.1) is 11.3 Å². The van der Waals surface area contributed by atoms with E-state index in [4.69, 9.17) is 16.9 Å². The number of unbranched alkanes of at least 4 members (excludes halogenated alkanes) is 2. The third-order valence-corrected chi connectivity index (χ3v) is 4.41. The summed E-state index contributed by atoms with van der Waals surface area (Å²) < 4.78 is 1.62. The van der Waals surface area contributed by atoms with Crippen molar-refractivity contribution in [1.29, 1.82) is 5.26 Å². The molecular weight excluding hydrogens is 318 g/mol. The largest absolute Gasteiger partial charge is 0.283 e. The zero-order valence-corrected chi connectivity index (χ0v) is 13.7. The van der Waals surface area contributed by atoms with Crippen molar-refractivity contribution in [1.82, 2.24) is 9.55 Å². The van der Waals surface area contributed by atoms with Crippen LogP contribution in [0.4, 0.5) is 0 Å². The third kappa shape index (κ3) is 3.90. The van der Waals surface area contributed by atoms with E-state index in [0.29, 0.717) is 34.0 Å². The Morgan fingerprint density at radius 2 is 2.27 bits per heavy atom. The summed E-state index contributed by atoms with van der Waals surface area (Å²) in [6.45, 7) is 4.12. The fourth-order valence-electron chi connectivity index (χ4n) is 2.04. The molecule has 0 saturated carbocycles. The molecule has 0 atom stereocenters. The van der Waals surface area contributed by atoms with E-state index < -0.39 is 0 Å². The molecule has 6 heteroatoms. The van der Waals surface area contributed by atoms with Gasteiger partial charge in [-0.15, -0.1) is 6.58 Å². The topological polar surface area (TPSA) is 58.7 Å². The second-order valence-electron chi connectivity index (χ2n) is 4.72. The molecule has 0 radical (unpaired) electrons. The van der Waals surface area contributed by atoms with E-state index in [1.54, 1.807) is 28.8 Å². The molecule has 1 aromatic heterocycles. The maximum absolute atomic E-state index is 12.6. The zero-order valence-electron chi connectivity index (χ0n) is 12.1. The summed E-state index contributed by atoms with van der Waals surface area (Å²) in [5.74, 6) is 0.817. The standard InChI is InChI=1S/C16H16ClN3OS/c1-2-9-20-15(21)13-7-6-12(17)11-14(13)19-16(20)22-10-5-3-4-8-18/h2,6-7,11H,1,3-5,9-10H2. The Morgan fingerprint density at radius 3 is 3.00 bits per heavy atom. The molecule has 22 heavy (non-hydrogen) atoms. The number of hydrogen-bond donors (Lipinski definition) is 0. The van der Waals surface area contributed by atoms with Crippen LogP contribution in [0.5, 0.6) is 0 Å². The third-order valence-electron chi connectivity index (χ3n) is 3.11. The van der Waals surface area contributed by atoms with Crippen LogP contribution in [0.1, 0.15) is 19.3 Å². The molecule has 4 nitrogen and oxygen atoms in total. The molecule has 1 aromatic carbocycles. The molecule has 0 fully saturated rings. The van der Waals surface area contributed by atoms with Gasteiger partial charge >= 0.3 is 0 Å². The molecule has 0 aliphatic heterocycles. The number of hydrogen-bond acceptors (Lipinski definition) is 4. The number of benzene rings is 1. The molecule has 0 bridgehead atoms. The fraction of sp³-hybridized carbons (Fsp3) is 0.312. The predicted octanol–water partition coefficient (Wildman–Crippen LogP) is 4.02. The van der Waals surface area contributed by atoms with Gasteiger partial charge in [0.1, 0.15) is 0 Å². The lowest BCUT2D eigenvalue weighted by Gasteiger charge is -2.11. The van der Waals surface area contributed by atoms with E-state index in [9.17, 15) is 4.79 Å². The Labute approximate surface area is 138 Å². The van der Waals surface area contributed by atoms with E-state index in [2.05, 4.69) is 17.6 Å². The Morgan fingerprint density at radius 1 is 1.45 bits per heavy atom. The summed E-state index contributed by atoms with van der Waals surface area (Å²) in [4.78, 5) is 17.1. The van der Waals surface area contributed by atoms with E-state index >= 15 is 0 Å². The molecule has 0 spiro atoms. The van der Waals surface area contributed by atoms with Crippen LogP contribution in [0.2, 0.25) is 5.02 Å². The van der Waals surface area contributed by atoms with Crippen molar-refractivity contribution in [2.24, 2.45) is 0 Å². The van der Waals surface area contributed by atoms with Gasteiger partial charge in [0.05, 0.1) is 17.0 Å². The van der Waals surface area contributed by atoms with Gasteiger partial charge in [0.25, 0.3) is 5.56 Å². The van der Waals surface area contributed by atoms with Gasteiger partial charge in [-0.05, 0) is 31.0 Å². The van der Waals surface area contributed by atoms with Crippen LogP contribution < -0.4 is 5.56 Å². The van der Waals surface area contributed by atoms with E-state index in [0.717, 1.165) is 18.6 Å². The van der Waals surface area contributed by atoms with Crippen molar-refractivity contribution in [2.75, 3.05) is 5.75 Å². The second kappa shape index (κ2) is 8.02. The van der Waals surface area contributed by atoms with Crippen molar-refractivity contribution in [2.45, 2.75) is 31.0 Å². The molecule has 0 saturated heterocycles. The van der Waals surface area contributed by atoms with Gasteiger partial charge in [0.15, 0.2) is 5.16 Å². The Kier molecular flexibility index (Phi) is 6.05. The van der Waals surface area contributed by atoms with Crippen molar-refractivity contribution < 1.29 is 0 Å². The first-order valence-electron chi connectivity index (χ1n) is 6.98. The minimum absolute atomic E-state index is 0.0823. The number of aromatic nitrogens is 2. The van der Waals surface area contributed by atoms with Gasteiger partial charge in [0, 0.05) is 23.7 Å². The van der Waals surface area contributed by atoms with Crippen LogP contribution in [-0.4, -0.2) is 15.3 Å². The number of fused-ring (bicyclic) bond motifs is 1. The highest BCUT2D eigenvalue weighted by molar-refractivity contribution is 7.99. The molecule has 1 heterocycles. The summed E-state index contributed by atoms with van der Waals surface area (Å²) >= 11 is 7.51. The first-order chi connectivity index (χ1) is 10.7. The normalized spacial score (nSPS) is 10.5. The molecular formula is C16H16ClN3OS. The smallest absolute Gasteiger partial charge is 0.262 e. The lowest BCUT2D eigenvalue weighted by atomic mass is 10.2. The maximum atomic E-state index is 12.6. The fourth-order valence-corrected chi connectivity index (χ4v) is 3.22. The molecule has 0 unspecified atom stereocenters. The summed E-state index contributed by atoms with van der Waals surface area (Å²) in [6, 6.07) is 7.23. The van der Waals surface area contributed by atoms with Gasteiger partial charge in [0.2, 0.25) is 0 Å².